The first-order valence-electron chi connectivity index (χ1n) is 9.61. The Labute approximate surface area is 169 Å². The summed E-state index contributed by atoms with van der Waals surface area (Å²) in [5.41, 5.74) is 1.99. The number of pyridine rings is 1. The average molecular weight is 399 g/mol. The number of amides is 3. The van der Waals surface area contributed by atoms with Crippen LogP contribution in [0.15, 0.2) is 36.5 Å². The topological polar surface area (TPSA) is 77.6 Å². The fourth-order valence-electron chi connectivity index (χ4n) is 3.51. The van der Waals surface area contributed by atoms with E-state index in [4.69, 9.17) is 0 Å². The number of rotatable bonds is 4. The van der Waals surface area contributed by atoms with Gasteiger partial charge < -0.3 is 15.5 Å². The molecular weight excluding hydrogens is 373 g/mol. The normalized spacial score (nSPS) is 17.1. The number of anilines is 2. The molecule has 1 saturated heterocycles. The summed E-state index contributed by atoms with van der Waals surface area (Å²) in [7, 11) is 0. The van der Waals surface area contributed by atoms with Crippen molar-refractivity contribution in [2.24, 2.45) is 0 Å². The number of urea groups is 1. The van der Waals surface area contributed by atoms with Crippen molar-refractivity contribution in [1.82, 2.24) is 14.8 Å². The van der Waals surface area contributed by atoms with Crippen molar-refractivity contribution < 1.29 is 14.0 Å². The molecule has 3 amide bonds. The number of hydrogen-bond acceptors (Lipinski definition) is 4. The summed E-state index contributed by atoms with van der Waals surface area (Å²) in [6.45, 7) is 7.82. The first-order valence-corrected chi connectivity index (χ1v) is 9.61. The second kappa shape index (κ2) is 9.00. The predicted octanol–water partition coefficient (Wildman–Crippen LogP) is 3.23. The first-order chi connectivity index (χ1) is 13.8. The van der Waals surface area contributed by atoms with E-state index < -0.39 is 11.8 Å². The van der Waals surface area contributed by atoms with Crippen LogP contribution in [0.3, 0.4) is 0 Å². The van der Waals surface area contributed by atoms with Gasteiger partial charge in [-0.1, -0.05) is 12.1 Å². The summed E-state index contributed by atoms with van der Waals surface area (Å²) >= 11 is 0. The minimum absolute atomic E-state index is 0.0596. The molecule has 2 heterocycles. The fraction of sp³-hybridized carbons (Fsp3) is 0.381. The molecule has 7 nitrogen and oxygen atoms in total. The second-order valence-corrected chi connectivity index (χ2v) is 7.34. The number of carbonyl (C=O) groups excluding carboxylic acids is 2. The van der Waals surface area contributed by atoms with Crippen molar-refractivity contribution in [3.63, 3.8) is 0 Å². The Hall–Kier alpha value is -3.00. The zero-order chi connectivity index (χ0) is 21.0. The van der Waals surface area contributed by atoms with Crippen LogP contribution in [0.5, 0.6) is 0 Å². The molecule has 1 atom stereocenters. The maximum absolute atomic E-state index is 14.9. The van der Waals surface area contributed by atoms with Gasteiger partial charge in [0.2, 0.25) is 5.91 Å². The molecule has 29 heavy (non-hydrogen) atoms. The average Bonchev–Trinajstić information content (AvgIpc) is 2.66. The first kappa shape index (κ1) is 20.7. The number of carbonyl (C=O) groups is 2. The largest absolute Gasteiger partial charge is 0.338 e. The summed E-state index contributed by atoms with van der Waals surface area (Å²) in [5.74, 6) is -0.393. The lowest BCUT2D eigenvalue weighted by molar-refractivity contribution is -0.133. The van der Waals surface area contributed by atoms with E-state index in [-0.39, 0.29) is 17.6 Å². The summed E-state index contributed by atoms with van der Waals surface area (Å²) in [5, 5.41) is 5.20. The number of piperazine rings is 1. The molecule has 2 aromatic rings. The van der Waals surface area contributed by atoms with E-state index in [0.717, 1.165) is 5.69 Å². The summed E-state index contributed by atoms with van der Waals surface area (Å²) in [6, 6.07) is 8.03. The lowest BCUT2D eigenvalue weighted by atomic mass is 10.1. The van der Waals surface area contributed by atoms with E-state index in [1.54, 1.807) is 37.4 Å². The summed E-state index contributed by atoms with van der Waals surface area (Å²) in [4.78, 5) is 31.9. The Kier molecular flexibility index (Phi) is 6.43. The van der Waals surface area contributed by atoms with Gasteiger partial charge in [-0.05, 0) is 32.0 Å². The van der Waals surface area contributed by atoms with Crippen LogP contribution in [0.4, 0.5) is 20.6 Å². The monoisotopic (exact) mass is 399 g/mol. The highest BCUT2D eigenvalue weighted by Crippen LogP contribution is 2.21. The van der Waals surface area contributed by atoms with E-state index in [9.17, 15) is 14.0 Å². The molecule has 154 valence electrons. The lowest BCUT2D eigenvalue weighted by Crippen LogP contribution is -2.53. The minimum atomic E-state index is -0.532. The Bertz CT molecular complexity index is 887. The number of nitrogens with zero attached hydrogens (tertiary/aromatic N) is 3. The maximum atomic E-state index is 14.9. The van der Waals surface area contributed by atoms with Crippen molar-refractivity contribution >= 4 is 23.3 Å². The van der Waals surface area contributed by atoms with Gasteiger partial charge in [-0.3, -0.25) is 14.7 Å². The highest BCUT2D eigenvalue weighted by molar-refractivity contribution is 5.99. The molecule has 0 aliphatic carbocycles. The van der Waals surface area contributed by atoms with Gasteiger partial charge >= 0.3 is 6.03 Å². The summed E-state index contributed by atoms with van der Waals surface area (Å²) in [6.07, 6.45) is 1.55. The maximum Gasteiger partial charge on any atom is 0.323 e. The molecule has 0 bridgehead atoms. The Morgan fingerprint density at radius 1 is 1.21 bits per heavy atom. The molecule has 2 N–H and O–H groups in total. The van der Waals surface area contributed by atoms with E-state index >= 15 is 0 Å². The quantitative estimate of drug-likeness (QED) is 0.828. The van der Waals surface area contributed by atoms with E-state index in [1.807, 2.05) is 18.7 Å². The number of benzene rings is 1. The zero-order valence-electron chi connectivity index (χ0n) is 16.9. The number of halogens is 1. The minimum Gasteiger partial charge on any atom is -0.338 e. The van der Waals surface area contributed by atoms with Gasteiger partial charge in [0.1, 0.15) is 0 Å². The van der Waals surface area contributed by atoms with Crippen LogP contribution in [0.25, 0.3) is 0 Å². The van der Waals surface area contributed by atoms with Crippen LogP contribution in [0.2, 0.25) is 0 Å². The van der Waals surface area contributed by atoms with Gasteiger partial charge in [0, 0.05) is 50.4 Å². The van der Waals surface area contributed by atoms with Crippen molar-refractivity contribution in [1.29, 1.82) is 0 Å². The van der Waals surface area contributed by atoms with Crippen LogP contribution in [-0.2, 0) is 11.3 Å². The molecule has 1 aliphatic rings. The third-order valence-corrected chi connectivity index (χ3v) is 5.01. The van der Waals surface area contributed by atoms with E-state index in [2.05, 4.69) is 20.5 Å². The molecule has 0 saturated carbocycles. The van der Waals surface area contributed by atoms with Gasteiger partial charge in [0.05, 0.1) is 17.6 Å². The number of aryl methyl sites for hydroxylation is 1. The molecule has 8 heteroatoms. The van der Waals surface area contributed by atoms with Crippen LogP contribution in [-0.4, -0.2) is 52.4 Å². The van der Waals surface area contributed by atoms with Crippen LogP contribution in [0.1, 0.15) is 25.1 Å². The molecule has 3 rings (SSSR count). The van der Waals surface area contributed by atoms with Gasteiger partial charge in [0.25, 0.3) is 0 Å². The fourth-order valence-corrected chi connectivity index (χ4v) is 3.51. The van der Waals surface area contributed by atoms with Gasteiger partial charge in [-0.15, -0.1) is 0 Å². The van der Waals surface area contributed by atoms with Gasteiger partial charge in [-0.2, -0.15) is 0 Å². The van der Waals surface area contributed by atoms with Crippen LogP contribution in [0, 0.1) is 12.7 Å². The van der Waals surface area contributed by atoms with Gasteiger partial charge in [-0.25, -0.2) is 9.18 Å². The smallest absolute Gasteiger partial charge is 0.323 e. The third kappa shape index (κ3) is 5.29. The summed E-state index contributed by atoms with van der Waals surface area (Å²) < 4.78 is 14.9. The second-order valence-electron chi connectivity index (χ2n) is 7.34. The highest BCUT2D eigenvalue weighted by Gasteiger charge is 2.26. The molecule has 0 radical (unpaired) electrons. The Morgan fingerprint density at radius 3 is 2.66 bits per heavy atom. The van der Waals surface area contributed by atoms with Crippen LogP contribution >= 0.6 is 0 Å². The van der Waals surface area contributed by atoms with E-state index in [0.29, 0.717) is 37.4 Å². The molecule has 0 spiro atoms. The van der Waals surface area contributed by atoms with Crippen molar-refractivity contribution in [2.45, 2.75) is 33.4 Å². The number of nitrogens with one attached hydrogen (secondary N) is 2. The number of aromatic nitrogens is 1. The van der Waals surface area contributed by atoms with Gasteiger partial charge in [0.15, 0.2) is 5.82 Å². The standard InChI is InChI=1S/C21H26FN5O2/c1-14-7-8-18(11-23-14)24-21(29)25-19-6-4-5-17(20(19)22)13-26-9-10-27(16(3)28)15(2)12-26/h4-8,11,15H,9-10,12-13H2,1-3H3,(H2,24,25,29)/t15-/m1/s1. The molecule has 1 aromatic carbocycles. The third-order valence-electron chi connectivity index (χ3n) is 5.01. The predicted molar refractivity (Wildman–Crippen MR) is 110 cm³/mol. The Balaban J connectivity index is 1.62. The van der Waals surface area contributed by atoms with Crippen molar-refractivity contribution in [3.05, 3.63) is 53.6 Å². The van der Waals surface area contributed by atoms with Crippen molar-refractivity contribution in [3.8, 4) is 0 Å². The highest BCUT2D eigenvalue weighted by atomic mass is 19.1. The van der Waals surface area contributed by atoms with E-state index in [1.165, 1.54) is 6.07 Å². The molecule has 0 unspecified atom stereocenters. The Morgan fingerprint density at radius 2 is 2.00 bits per heavy atom. The van der Waals surface area contributed by atoms with Crippen molar-refractivity contribution in [2.75, 3.05) is 30.3 Å². The number of hydrogen-bond donors (Lipinski definition) is 2. The molecule has 1 aliphatic heterocycles. The van der Waals surface area contributed by atoms with Crippen LogP contribution < -0.4 is 10.6 Å². The molecular formula is C21H26FN5O2. The molecule has 1 aromatic heterocycles. The zero-order valence-corrected chi connectivity index (χ0v) is 16.9. The molecule has 1 fully saturated rings. The SMILES string of the molecule is CC(=O)N1CCN(Cc2cccc(NC(=O)Nc3ccc(C)nc3)c2F)C[C@H]1C. The lowest BCUT2D eigenvalue weighted by Gasteiger charge is -2.39.